The number of aromatic amines is 3. The number of phenols is 1. The van der Waals surface area contributed by atoms with Gasteiger partial charge in [0.1, 0.15) is 96.1 Å². The minimum atomic E-state index is -1.76. The summed E-state index contributed by atoms with van der Waals surface area (Å²) in [6, 6.07) is -0.678. The van der Waals surface area contributed by atoms with Gasteiger partial charge in [-0.2, -0.15) is 0 Å². The molecule has 6 aromatic rings. The number of imidazole rings is 1. The highest BCUT2D eigenvalue weighted by atomic mass is 32.2. The third-order valence-electron chi connectivity index (χ3n) is 24.4. The fourth-order valence-electron chi connectivity index (χ4n) is 17.0. The van der Waals surface area contributed by atoms with Crippen molar-refractivity contribution in [2.75, 3.05) is 58.8 Å². The lowest BCUT2D eigenvalue weighted by atomic mass is 9.99. The third kappa shape index (κ3) is 28.9. The molecule has 40 nitrogen and oxygen atoms in total. The van der Waals surface area contributed by atoms with Gasteiger partial charge >= 0.3 is 0 Å². The van der Waals surface area contributed by atoms with Crippen LogP contribution in [-0.4, -0.2) is 304 Å². The van der Waals surface area contributed by atoms with Crippen molar-refractivity contribution in [1.82, 2.24) is 97.6 Å². The number of hydrogen-bond acceptors (Lipinski definition) is 22. The molecule has 3 aliphatic heterocycles. The Bertz CT molecular complexity index is 5140. The lowest BCUT2D eigenvalue weighted by Gasteiger charge is -2.36. The number of carbonyl (C=O) groups excluding carboxylic acids is 17. The topological polar surface area (TPSA) is 579 Å². The number of fused-ring (bicyclic) bond motifs is 4. The molecular weight excluding hydrogens is 1750 g/mol. The van der Waals surface area contributed by atoms with Crippen molar-refractivity contribution in [2.24, 2.45) is 23.3 Å². The lowest BCUT2D eigenvalue weighted by Crippen LogP contribution is -2.61. The van der Waals surface area contributed by atoms with Crippen LogP contribution in [0.15, 0.2) is 97.7 Å². The van der Waals surface area contributed by atoms with Gasteiger partial charge < -0.3 is 114 Å². The van der Waals surface area contributed by atoms with Crippen LogP contribution in [0.3, 0.4) is 0 Å². The van der Waals surface area contributed by atoms with E-state index in [2.05, 4.69) is 73.1 Å². The normalized spacial score (nSPS) is 25.0. The predicted molar refractivity (Wildman–Crippen MR) is 498 cm³/mol. The quantitative estimate of drug-likeness (QED) is 0.0367. The molecule has 0 radical (unpaired) electrons. The number of aliphatic hydroxyl groups excluding tert-OH is 1. The molecule has 3 aromatic carbocycles. The first-order valence-corrected chi connectivity index (χ1v) is 46.9. The maximum atomic E-state index is 15.8. The first-order valence-electron chi connectivity index (χ1n) is 45.8. The van der Waals surface area contributed by atoms with Crippen molar-refractivity contribution in [3.63, 3.8) is 0 Å². The van der Waals surface area contributed by atoms with Gasteiger partial charge in [0.25, 0.3) is 0 Å². The van der Waals surface area contributed by atoms with Crippen LogP contribution in [-0.2, 0) is 107 Å². The Balaban J connectivity index is 1.10. The molecule has 3 fully saturated rings. The largest absolute Gasteiger partial charge is 0.508 e. The van der Waals surface area contributed by atoms with Crippen molar-refractivity contribution < 1.29 is 91.7 Å². The second-order valence-corrected chi connectivity index (χ2v) is 36.8. The molecule has 0 spiro atoms. The Kier molecular flexibility index (Phi) is 39.0. The van der Waals surface area contributed by atoms with E-state index in [1.807, 2.05) is 26.0 Å². The third-order valence-corrected chi connectivity index (χ3v) is 25.4. The zero-order valence-corrected chi connectivity index (χ0v) is 78.7. The number of thioether (sulfide) groups is 1. The van der Waals surface area contributed by atoms with Crippen LogP contribution < -0.4 is 64.6 Å². The van der Waals surface area contributed by atoms with Crippen LogP contribution >= 0.6 is 11.8 Å². The van der Waals surface area contributed by atoms with Crippen molar-refractivity contribution in [1.29, 1.82) is 0 Å². The fourth-order valence-corrected chi connectivity index (χ4v) is 17.8. The van der Waals surface area contributed by atoms with Gasteiger partial charge in [-0.1, -0.05) is 116 Å². The van der Waals surface area contributed by atoms with Crippen molar-refractivity contribution >= 4 is 134 Å². The molecule has 41 heteroatoms. The van der Waals surface area contributed by atoms with E-state index in [0.29, 0.717) is 69.9 Å². The standard InChI is InChI=1S/C93H131N21O19S/c1-12-14-25-74-86(126)103-66(35-51(3)4)83(123)109-73(81(121)99-43-53(7)115)48-134-49-79(119)101-70(37-55-28-30-59(116)31-29-55)89(129)110(9)54(8)80(120)106-72(42-78(95)118)91(131)113-34-20-27-75(113)87(127)105-68(40-58-46-96-50-100-58)85(125)107-69(36-52(5)6)92(132)114-47-60(117)41-77(114)88(128)104-67(38-56-44-97-63-23-18-16-21-61(56)63)84(124)102-65(32-33-94)82(122)108-71(39-57-45-98-64-24-19-17-22-62(57)64)90(130)112(11)76(26-15-13-2)93(133)111(74)10/h16-19,21-24,28-31,44-46,50-52,54,60,65-77,97-98,116-117H,12-15,20,25-27,32-43,47-49,94H2,1-11H3,(H2,95,118)(H,96,100)(H,99,121)(H,101,119)(H,102,124)(H,103,126)(H,104,128)(H,105,127)(H,106,120)(H,107,125)(H,108,122)(H,109,123)/t54-,60+,65-,66-,67-,68-,69-,70-,71-,72-,73-,74-,75-,76-,77-/m0/s1. The van der Waals surface area contributed by atoms with Gasteiger partial charge in [0, 0.05) is 118 Å². The monoisotopic (exact) mass is 1880 g/mol. The zero-order valence-electron chi connectivity index (χ0n) is 77.9. The Morgan fingerprint density at radius 3 is 1.65 bits per heavy atom. The number of unbranched alkanes of at least 4 members (excludes halogenated alkanes) is 2. The molecule has 0 unspecified atom stereocenters. The summed E-state index contributed by atoms with van der Waals surface area (Å²) in [6.45, 7) is 12.2. The number of aromatic hydroxyl groups is 1. The minimum absolute atomic E-state index is 0.0000621. The Hall–Kier alpha value is -12.8. The SMILES string of the molecule is CCCC[C@H]1C(=O)N(C)[C@@H](CCCC)C(=O)N[C@@H](CC(C)C)C(=O)N[C@H](C(=O)NCC(C)=O)CSCC(=O)N[C@@H](Cc2ccc(O)cc2)C(=O)N(C)[C@@H](C)C(=O)N[C@@H](CC(N)=O)C(=O)N2CCC[C@H]2C(=O)N[C@@H](Cc2cnc[nH]2)C(=O)N[C@@H](CC(C)C)C(=O)N2C[C@H](O)C[C@H]2C(=O)N[C@@H](Cc2c[nH]c3ccccc23)C(=O)N[C@@H](CCN)C(=O)N[C@@H](Cc2c[nH]c3ccccc23)C(=O)N1C. The Morgan fingerprint density at radius 2 is 1.06 bits per heavy atom. The lowest BCUT2D eigenvalue weighted by molar-refractivity contribution is -0.149. The van der Waals surface area contributed by atoms with Crippen LogP contribution in [0.4, 0.5) is 0 Å². The number of primary amides is 1. The Labute approximate surface area is 782 Å². The van der Waals surface area contributed by atoms with Gasteiger partial charge in [0.05, 0.1) is 31.1 Å². The molecule has 3 saturated heterocycles. The van der Waals surface area contributed by atoms with Gasteiger partial charge in [0.15, 0.2) is 0 Å². The van der Waals surface area contributed by atoms with Gasteiger partial charge in [0.2, 0.25) is 94.5 Å². The first-order chi connectivity index (χ1) is 63.8. The minimum Gasteiger partial charge on any atom is -0.508 e. The highest BCUT2D eigenvalue weighted by Gasteiger charge is 2.47. The van der Waals surface area contributed by atoms with Crippen molar-refractivity contribution in [2.45, 2.75) is 255 Å². The van der Waals surface area contributed by atoms with E-state index >= 15 is 38.4 Å². The number of phenolic OH excluding ortho intramolecular Hbond substituents is 1. The van der Waals surface area contributed by atoms with Crippen molar-refractivity contribution in [3.05, 3.63) is 120 Å². The molecule has 15 atom stereocenters. The molecule has 3 aromatic heterocycles. The summed E-state index contributed by atoms with van der Waals surface area (Å²) in [5, 5.41) is 50.4. The summed E-state index contributed by atoms with van der Waals surface area (Å²) in [7, 11) is 4.05. The van der Waals surface area contributed by atoms with E-state index in [-0.39, 0.29) is 113 Å². The second kappa shape index (κ2) is 49.8. The number of ketones is 1. The van der Waals surface area contributed by atoms with Gasteiger partial charge in [-0.15, -0.1) is 11.8 Å². The first kappa shape index (κ1) is 105. The number of aromatic nitrogens is 4. The number of likely N-dealkylation sites (N-methyl/N-ethyl adjacent to an activating group) is 3. The van der Waals surface area contributed by atoms with Crippen LogP contribution in [0.25, 0.3) is 21.8 Å². The maximum absolute atomic E-state index is 15.8. The van der Waals surface area contributed by atoms with E-state index < -0.39 is 216 Å². The molecule has 0 saturated carbocycles. The van der Waals surface area contributed by atoms with E-state index in [1.165, 1.54) is 81.6 Å². The van der Waals surface area contributed by atoms with Crippen LogP contribution in [0.2, 0.25) is 0 Å². The molecule has 16 amide bonds. The molecule has 3 aliphatic rings. The molecule has 728 valence electrons. The van der Waals surface area contributed by atoms with E-state index in [9.17, 15) is 53.4 Å². The number of amides is 16. The highest BCUT2D eigenvalue weighted by molar-refractivity contribution is 8.00. The van der Waals surface area contributed by atoms with Crippen molar-refractivity contribution in [3.8, 4) is 5.75 Å². The summed E-state index contributed by atoms with van der Waals surface area (Å²) in [4.78, 5) is 270. The number of H-pyrrole nitrogens is 3. The Morgan fingerprint density at radius 1 is 0.545 bits per heavy atom. The summed E-state index contributed by atoms with van der Waals surface area (Å²) in [6.07, 6.45) is 4.40. The summed E-state index contributed by atoms with van der Waals surface area (Å²) in [5.74, 6) is -16.0. The molecule has 134 heavy (non-hydrogen) atoms. The van der Waals surface area contributed by atoms with E-state index in [1.54, 1.807) is 76.5 Å². The van der Waals surface area contributed by atoms with Crippen LogP contribution in [0.5, 0.6) is 5.75 Å². The molecule has 9 rings (SSSR count). The summed E-state index contributed by atoms with van der Waals surface area (Å²) in [5.41, 5.74) is 15.2. The number of rotatable bonds is 25. The molecule has 0 bridgehead atoms. The number of nitrogens with two attached hydrogens (primary N) is 2. The average Bonchev–Trinajstić information content (AvgIpc) is 1.64. The van der Waals surface area contributed by atoms with Gasteiger partial charge in [-0.05, 0) is 118 Å². The maximum Gasteiger partial charge on any atom is 0.246 e. The number of aliphatic hydroxyl groups is 1. The average molecular weight is 1880 g/mol. The highest BCUT2D eigenvalue weighted by Crippen LogP contribution is 2.28. The summed E-state index contributed by atoms with van der Waals surface area (Å²) >= 11 is 0.834. The smallest absolute Gasteiger partial charge is 0.246 e. The number of nitrogens with zero attached hydrogens (tertiary/aromatic N) is 6. The molecular formula is C93H131N21O19S. The predicted octanol–water partition coefficient (Wildman–Crippen LogP) is 0.314. The number of benzene rings is 3. The van der Waals surface area contributed by atoms with E-state index in [0.717, 1.165) is 26.5 Å². The van der Waals surface area contributed by atoms with Crippen LogP contribution in [0, 0.1) is 11.8 Å². The molecule has 0 aliphatic carbocycles. The summed E-state index contributed by atoms with van der Waals surface area (Å²) < 4.78 is 0. The number of Topliss-reactive ketones (excluding diaryl/α,β-unsaturated/α-hetero) is 1. The number of para-hydroxylation sites is 2. The molecule has 6 heterocycles. The van der Waals surface area contributed by atoms with Gasteiger partial charge in [-0.3, -0.25) is 81.5 Å². The zero-order chi connectivity index (χ0) is 97.9. The number of hydrogen-bond donors (Lipinski definition) is 17. The molecule has 19 N–H and O–H groups in total. The van der Waals surface area contributed by atoms with E-state index in [4.69, 9.17) is 11.5 Å². The second-order valence-electron chi connectivity index (χ2n) is 35.8. The number of carbonyl (C=O) groups is 17. The van der Waals surface area contributed by atoms with Gasteiger partial charge in [-0.25, -0.2) is 4.98 Å². The fraction of sp³-hybridized carbons (Fsp3) is 0.548. The van der Waals surface area contributed by atoms with Crippen LogP contribution in [0.1, 0.15) is 161 Å². The number of nitrogens with one attached hydrogen (secondary N) is 13.